The summed E-state index contributed by atoms with van der Waals surface area (Å²) in [6.07, 6.45) is 2.21. The van der Waals surface area contributed by atoms with Crippen molar-refractivity contribution < 1.29 is 9.32 Å². The number of hydrogen-bond donors (Lipinski definition) is 0. The molecule has 2 aromatic heterocycles. The van der Waals surface area contributed by atoms with Crippen LogP contribution in [-0.2, 0) is 0 Å². The van der Waals surface area contributed by atoms with E-state index < -0.39 is 0 Å². The molecule has 1 fully saturated rings. The molecule has 0 unspecified atom stereocenters. The van der Waals surface area contributed by atoms with E-state index in [1.54, 1.807) is 0 Å². The minimum absolute atomic E-state index is 0.157. The first-order chi connectivity index (χ1) is 10.1. The van der Waals surface area contributed by atoms with Gasteiger partial charge in [0.05, 0.1) is 16.1 Å². The number of piperidine rings is 1. The number of aryl methyl sites for hydroxylation is 2. The van der Waals surface area contributed by atoms with Crippen LogP contribution in [0.2, 0.25) is 0 Å². The summed E-state index contributed by atoms with van der Waals surface area (Å²) in [6.45, 7) is 7.83. The molecule has 5 heteroatoms. The first kappa shape index (κ1) is 14.3. The van der Waals surface area contributed by atoms with Crippen molar-refractivity contribution in [2.75, 3.05) is 13.1 Å². The molecular weight excluding hydrogens is 284 g/mol. The van der Waals surface area contributed by atoms with Crippen LogP contribution in [0.15, 0.2) is 16.7 Å². The van der Waals surface area contributed by atoms with E-state index in [0.29, 0.717) is 0 Å². The Bertz CT molecular complexity index is 632. The van der Waals surface area contributed by atoms with Crippen molar-refractivity contribution in [2.24, 2.45) is 5.92 Å². The molecule has 1 aliphatic heterocycles. The second kappa shape index (κ2) is 5.64. The number of amides is 1. The van der Waals surface area contributed by atoms with Gasteiger partial charge in [0.25, 0.3) is 5.91 Å². The van der Waals surface area contributed by atoms with E-state index in [0.717, 1.165) is 58.6 Å². The van der Waals surface area contributed by atoms with Gasteiger partial charge in [0.1, 0.15) is 5.76 Å². The van der Waals surface area contributed by atoms with Crippen LogP contribution in [0, 0.1) is 19.8 Å². The summed E-state index contributed by atoms with van der Waals surface area (Å²) in [5.41, 5.74) is 1.89. The Morgan fingerprint density at radius 1 is 1.33 bits per heavy atom. The first-order valence-electron chi connectivity index (χ1n) is 7.38. The van der Waals surface area contributed by atoms with Gasteiger partial charge in [-0.1, -0.05) is 12.1 Å². The van der Waals surface area contributed by atoms with Gasteiger partial charge in [-0.15, -0.1) is 11.3 Å². The monoisotopic (exact) mass is 304 g/mol. The zero-order valence-corrected chi connectivity index (χ0v) is 13.5. The van der Waals surface area contributed by atoms with Crippen LogP contribution in [0.5, 0.6) is 0 Å². The Kier molecular flexibility index (Phi) is 3.85. The van der Waals surface area contributed by atoms with Gasteiger partial charge < -0.3 is 9.42 Å². The molecule has 1 saturated heterocycles. The molecule has 112 valence electrons. The Balaban J connectivity index is 1.80. The highest BCUT2D eigenvalue weighted by atomic mass is 32.1. The highest BCUT2D eigenvalue weighted by Crippen LogP contribution is 2.33. The molecule has 1 aliphatic rings. The van der Waals surface area contributed by atoms with E-state index in [9.17, 15) is 4.79 Å². The van der Waals surface area contributed by atoms with Crippen LogP contribution >= 0.6 is 11.3 Å². The third-order valence-corrected chi connectivity index (χ3v) is 5.26. The van der Waals surface area contributed by atoms with Gasteiger partial charge in [0.2, 0.25) is 0 Å². The molecular formula is C16H20N2O2S. The smallest absolute Gasteiger partial charge is 0.263 e. The minimum atomic E-state index is 0.157. The van der Waals surface area contributed by atoms with Gasteiger partial charge in [0, 0.05) is 18.0 Å². The molecule has 0 radical (unpaired) electrons. The SMILES string of the molecule is Cc1noc(C)c1-c1ccc(C(=O)N2CCC(C)CC2)s1. The van der Waals surface area contributed by atoms with Crippen molar-refractivity contribution in [3.05, 3.63) is 28.5 Å². The van der Waals surface area contributed by atoms with Crippen LogP contribution in [0.1, 0.15) is 40.9 Å². The lowest BCUT2D eigenvalue weighted by molar-refractivity contribution is 0.0702. The van der Waals surface area contributed by atoms with Gasteiger partial charge in [0.15, 0.2) is 0 Å². The molecule has 21 heavy (non-hydrogen) atoms. The lowest BCUT2D eigenvalue weighted by Crippen LogP contribution is -2.37. The average molecular weight is 304 g/mol. The van der Waals surface area contributed by atoms with E-state index in [1.165, 1.54) is 11.3 Å². The zero-order valence-electron chi connectivity index (χ0n) is 12.7. The quantitative estimate of drug-likeness (QED) is 0.845. The van der Waals surface area contributed by atoms with Crippen molar-refractivity contribution >= 4 is 17.2 Å². The van der Waals surface area contributed by atoms with Crippen molar-refractivity contribution in [1.82, 2.24) is 10.1 Å². The third-order valence-electron chi connectivity index (χ3n) is 4.17. The number of carbonyl (C=O) groups is 1. The summed E-state index contributed by atoms with van der Waals surface area (Å²) in [5.74, 6) is 1.69. The summed E-state index contributed by atoms with van der Waals surface area (Å²) in [6, 6.07) is 3.92. The topological polar surface area (TPSA) is 46.3 Å². The Morgan fingerprint density at radius 3 is 2.67 bits per heavy atom. The number of likely N-dealkylation sites (tertiary alicyclic amines) is 1. The minimum Gasteiger partial charge on any atom is -0.361 e. The van der Waals surface area contributed by atoms with Crippen LogP contribution < -0.4 is 0 Å². The Morgan fingerprint density at radius 2 is 2.05 bits per heavy atom. The number of aromatic nitrogens is 1. The maximum absolute atomic E-state index is 12.6. The van der Waals surface area contributed by atoms with Crippen LogP contribution in [-0.4, -0.2) is 29.1 Å². The predicted octanol–water partition coefficient (Wildman–Crippen LogP) is 3.89. The van der Waals surface area contributed by atoms with Gasteiger partial charge in [-0.3, -0.25) is 4.79 Å². The summed E-state index contributed by atoms with van der Waals surface area (Å²) in [4.78, 5) is 16.4. The molecule has 2 aromatic rings. The lowest BCUT2D eigenvalue weighted by Gasteiger charge is -2.29. The highest BCUT2D eigenvalue weighted by molar-refractivity contribution is 7.17. The number of thiophene rings is 1. The molecule has 3 rings (SSSR count). The molecule has 4 nitrogen and oxygen atoms in total. The van der Waals surface area contributed by atoms with Gasteiger partial charge in [-0.2, -0.15) is 0 Å². The number of hydrogen-bond acceptors (Lipinski definition) is 4. The van der Waals surface area contributed by atoms with Crippen LogP contribution in [0.3, 0.4) is 0 Å². The van der Waals surface area contributed by atoms with Gasteiger partial charge in [-0.25, -0.2) is 0 Å². The average Bonchev–Trinajstić information content (AvgIpc) is 3.06. The maximum atomic E-state index is 12.6. The Labute approximate surface area is 128 Å². The fourth-order valence-corrected chi connectivity index (χ4v) is 3.91. The normalized spacial score (nSPS) is 16.4. The molecule has 0 aromatic carbocycles. The van der Waals surface area contributed by atoms with Crippen LogP contribution in [0.4, 0.5) is 0 Å². The standard InChI is InChI=1S/C16H20N2O2S/c1-10-6-8-18(9-7-10)16(19)14-5-4-13(21-14)15-11(2)17-20-12(15)3/h4-5,10H,6-9H2,1-3H3. The lowest BCUT2D eigenvalue weighted by atomic mass is 9.99. The molecule has 1 amide bonds. The molecule has 0 spiro atoms. The summed E-state index contributed by atoms with van der Waals surface area (Å²) in [7, 11) is 0. The van der Waals surface area contributed by atoms with E-state index in [1.807, 2.05) is 30.9 Å². The first-order valence-corrected chi connectivity index (χ1v) is 8.20. The van der Waals surface area contributed by atoms with Crippen molar-refractivity contribution in [1.29, 1.82) is 0 Å². The van der Waals surface area contributed by atoms with Crippen molar-refractivity contribution in [3.8, 4) is 10.4 Å². The molecule has 0 bridgehead atoms. The Hall–Kier alpha value is -1.62. The zero-order chi connectivity index (χ0) is 15.0. The van der Waals surface area contributed by atoms with E-state index in [2.05, 4.69) is 12.1 Å². The molecule has 3 heterocycles. The fraction of sp³-hybridized carbons (Fsp3) is 0.500. The largest absolute Gasteiger partial charge is 0.361 e. The summed E-state index contributed by atoms with van der Waals surface area (Å²) < 4.78 is 5.21. The molecule has 0 N–H and O–H groups in total. The molecule has 0 atom stereocenters. The number of carbonyl (C=O) groups excluding carboxylic acids is 1. The molecule has 0 saturated carbocycles. The van der Waals surface area contributed by atoms with Gasteiger partial charge >= 0.3 is 0 Å². The summed E-state index contributed by atoms with van der Waals surface area (Å²) in [5, 5.41) is 3.98. The second-order valence-electron chi connectivity index (χ2n) is 5.84. The highest BCUT2D eigenvalue weighted by Gasteiger charge is 2.23. The fourth-order valence-electron chi connectivity index (χ4n) is 2.79. The van der Waals surface area contributed by atoms with E-state index in [4.69, 9.17) is 4.52 Å². The third kappa shape index (κ3) is 2.75. The van der Waals surface area contributed by atoms with Crippen molar-refractivity contribution in [2.45, 2.75) is 33.6 Å². The molecule has 0 aliphatic carbocycles. The number of rotatable bonds is 2. The van der Waals surface area contributed by atoms with Crippen molar-refractivity contribution in [3.63, 3.8) is 0 Å². The van der Waals surface area contributed by atoms with Gasteiger partial charge in [-0.05, 0) is 44.7 Å². The van der Waals surface area contributed by atoms with E-state index >= 15 is 0 Å². The number of nitrogens with zero attached hydrogens (tertiary/aromatic N) is 2. The van der Waals surface area contributed by atoms with E-state index in [-0.39, 0.29) is 5.91 Å². The predicted molar refractivity (Wildman–Crippen MR) is 83.6 cm³/mol. The summed E-state index contributed by atoms with van der Waals surface area (Å²) >= 11 is 1.53. The maximum Gasteiger partial charge on any atom is 0.263 e. The van der Waals surface area contributed by atoms with Crippen LogP contribution in [0.25, 0.3) is 10.4 Å². The second-order valence-corrected chi connectivity index (χ2v) is 6.92.